The number of aliphatic hydroxyl groups is 2. The van der Waals surface area contributed by atoms with Gasteiger partial charge in [0.15, 0.2) is 6.23 Å². The number of alkyl halides is 2. The molecular weight excluding hydrogens is 500 g/mol. The molecule has 0 amide bonds. The van der Waals surface area contributed by atoms with E-state index < -0.39 is 50.3 Å². The number of aromatic nitrogens is 2. The Morgan fingerprint density at radius 1 is 1.36 bits per heavy atom. The molecule has 8 atom stereocenters. The number of nitrogen functional groups attached to an aromatic ring is 1. The van der Waals surface area contributed by atoms with Crippen LogP contribution >= 0.6 is 31.0 Å². The number of ether oxygens (including phenoxy) is 1. The van der Waals surface area contributed by atoms with Crippen molar-refractivity contribution in [2.45, 2.75) is 73.5 Å². The minimum atomic E-state index is -3.96. The van der Waals surface area contributed by atoms with Gasteiger partial charge in [-0.15, -0.1) is 23.2 Å². The lowest BCUT2D eigenvalue weighted by Gasteiger charge is -2.38. The maximum Gasteiger partial charge on any atom is 0.475 e. The molecule has 0 spiro atoms. The number of hydrogen-bond donors (Lipinski definition) is 3. The van der Waals surface area contributed by atoms with Crippen LogP contribution in [0.4, 0.5) is 5.82 Å². The zero-order chi connectivity index (χ0) is 24.0. The lowest BCUT2D eigenvalue weighted by molar-refractivity contribution is -0.0991. The number of phosphoric ester groups is 1. The Balaban J connectivity index is 1.41. The molecule has 0 bridgehead atoms. The highest BCUT2D eigenvalue weighted by Crippen LogP contribution is 2.56. The van der Waals surface area contributed by atoms with Gasteiger partial charge >= 0.3 is 13.5 Å². The maximum absolute atomic E-state index is 13.1. The Bertz CT molecular complexity index is 955. The minimum Gasteiger partial charge on any atom is -0.387 e. The molecule has 1 aliphatic carbocycles. The second kappa shape index (κ2) is 9.72. The first-order valence-corrected chi connectivity index (χ1v) is 13.1. The molecule has 11 nitrogen and oxygen atoms in total. The molecule has 2 saturated heterocycles. The average Bonchev–Trinajstić information content (AvgIpc) is 2.95. The number of nitrogens with two attached hydrogens (primary N) is 1. The normalized spacial score (nSPS) is 44.1. The van der Waals surface area contributed by atoms with Crippen molar-refractivity contribution < 1.29 is 33.1 Å². The summed E-state index contributed by atoms with van der Waals surface area (Å²) in [4.78, 5) is 15.8. The fourth-order valence-corrected chi connectivity index (χ4v) is 7.04. The third kappa shape index (κ3) is 5.42. The summed E-state index contributed by atoms with van der Waals surface area (Å²) < 4.78 is 36.3. The van der Waals surface area contributed by atoms with Gasteiger partial charge in [0.25, 0.3) is 0 Å². The maximum atomic E-state index is 13.1. The van der Waals surface area contributed by atoms with E-state index in [1.165, 1.54) is 19.2 Å². The van der Waals surface area contributed by atoms with Crippen molar-refractivity contribution in [3.63, 3.8) is 0 Å². The van der Waals surface area contributed by atoms with Crippen LogP contribution in [-0.4, -0.2) is 67.6 Å². The van der Waals surface area contributed by atoms with Crippen molar-refractivity contribution in [1.82, 2.24) is 9.55 Å². The van der Waals surface area contributed by atoms with E-state index in [0.717, 1.165) is 4.57 Å². The van der Waals surface area contributed by atoms with Crippen molar-refractivity contribution in [3.05, 3.63) is 22.7 Å². The summed E-state index contributed by atoms with van der Waals surface area (Å²) in [6.07, 6.45) is -0.334. The molecule has 33 heavy (non-hydrogen) atoms. The van der Waals surface area contributed by atoms with Crippen molar-refractivity contribution in [1.29, 1.82) is 0 Å². The van der Waals surface area contributed by atoms with Gasteiger partial charge in [-0.1, -0.05) is 0 Å². The van der Waals surface area contributed by atoms with Gasteiger partial charge in [0, 0.05) is 17.0 Å². The molecule has 3 fully saturated rings. The number of anilines is 1. The van der Waals surface area contributed by atoms with Crippen LogP contribution in [-0.2, 0) is 22.9 Å². The van der Waals surface area contributed by atoms with Gasteiger partial charge in [-0.05, 0) is 44.6 Å². The fourth-order valence-electron chi connectivity index (χ4n) is 4.59. The van der Waals surface area contributed by atoms with Gasteiger partial charge in [-0.2, -0.15) is 4.98 Å². The number of hydrogen-bond acceptors (Lipinski definition) is 10. The van der Waals surface area contributed by atoms with E-state index in [-0.39, 0.29) is 29.1 Å². The summed E-state index contributed by atoms with van der Waals surface area (Å²) in [5.74, 6) is 0.0282. The van der Waals surface area contributed by atoms with Gasteiger partial charge in [0.1, 0.15) is 23.6 Å². The summed E-state index contributed by atoms with van der Waals surface area (Å²) in [6, 6.07) is 1.36. The summed E-state index contributed by atoms with van der Waals surface area (Å²) in [5.41, 5.74) is 2.88. The molecule has 1 aromatic rings. The molecule has 1 aromatic heterocycles. The smallest absolute Gasteiger partial charge is 0.387 e. The third-order valence-electron chi connectivity index (χ3n) is 6.33. The summed E-state index contributed by atoms with van der Waals surface area (Å²) in [7, 11) is -3.96. The highest BCUT2D eigenvalue weighted by atomic mass is 35.5. The molecule has 186 valence electrons. The van der Waals surface area contributed by atoms with Crippen LogP contribution in [0.1, 0.15) is 38.8 Å². The highest BCUT2D eigenvalue weighted by Gasteiger charge is 2.54. The number of phosphoric acid groups is 1. The predicted molar refractivity (Wildman–Crippen MR) is 119 cm³/mol. The average molecular weight is 528 g/mol. The molecule has 3 heterocycles. The number of rotatable bonds is 5. The topological polar surface area (TPSA) is 155 Å². The largest absolute Gasteiger partial charge is 0.475 e. The van der Waals surface area contributed by atoms with E-state index >= 15 is 0 Å². The Morgan fingerprint density at radius 3 is 2.73 bits per heavy atom. The number of aliphatic hydroxyl groups excluding tert-OH is 1. The SMILES string of the molecule is C[C@@]1(O)[C@H](O)[C@@H](COP2(=O)OCCC(C3CC(Cl)CC(Cl)C3)O2)O[C@H]1n1ccc(N)nc1=O. The van der Waals surface area contributed by atoms with Crippen LogP contribution in [0, 0.1) is 5.92 Å². The van der Waals surface area contributed by atoms with Gasteiger partial charge in [0.2, 0.25) is 0 Å². The molecule has 0 radical (unpaired) electrons. The van der Waals surface area contributed by atoms with Gasteiger partial charge in [0.05, 0.1) is 19.3 Å². The minimum absolute atomic E-state index is 0.00695. The third-order valence-corrected chi connectivity index (χ3v) is 8.53. The molecule has 2 aliphatic heterocycles. The van der Waals surface area contributed by atoms with E-state index in [0.29, 0.717) is 25.7 Å². The zero-order valence-corrected chi connectivity index (χ0v) is 20.4. The van der Waals surface area contributed by atoms with Crippen molar-refractivity contribution >= 4 is 36.8 Å². The molecule has 1 saturated carbocycles. The van der Waals surface area contributed by atoms with Crippen LogP contribution in [0.25, 0.3) is 0 Å². The van der Waals surface area contributed by atoms with Crippen molar-refractivity contribution in [2.75, 3.05) is 18.9 Å². The zero-order valence-electron chi connectivity index (χ0n) is 18.0. The van der Waals surface area contributed by atoms with E-state index in [2.05, 4.69) is 4.98 Å². The number of halogens is 2. The summed E-state index contributed by atoms with van der Waals surface area (Å²) in [5, 5.41) is 21.2. The van der Waals surface area contributed by atoms with E-state index in [1.807, 2.05) is 0 Å². The lowest BCUT2D eigenvalue weighted by atomic mass is 9.83. The Kier molecular flexibility index (Phi) is 7.46. The molecule has 14 heteroatoms. The summed E-state index contributed by atoms with van der Waals surface area (Å²) >= 11 is 12.6. The predicted octanol–water partition coefficient (Wildman–Crippen LogP) is 1.78. The van der Waals surface area contributed by atoms with E-state index in [9.17, 15) is 19.6 Å². The monoisotopic (exact) mass is 527 g/mol. The first-order chi connectivity index (χ1) is 15.5. The highest BCUT2D eigenvalue weighted by molar-refractivity contribution is 7.48. The van der Waals surface area contributed by atoms with Crippen LogP contribution < -0.4 is 11.4 Å². The van der Waals surface area contributed by atoms with Crippen molar-refractivity contribution in [2.24, 2.45) is 5.92 Å². The quantitative estimate of drug-likeness (QED) is 0.381. The second-order valence-electron chi connectivity index (χ2n) is 8.91. The van der Waals surface area contributed by atoms with Gasteiger partial charge in [-0.3, -0.25) is 18.1 Å². The molecule has 3 aliphatic rings. The van der Waals surface area contributed by atoms with Gasteiger partial charge in [-0.25, -0.2) is 9.36 Å². The summed E-state index contributed by atoms with van der Waals surface area (Å²) in [6.45, 7) is 1.07. The second-order valence-corrected chi connectivity index (χ2v) is 11.8. The van der Waals surface area contributed by atoms with Gasteiger partial charge < -0.3 is 20.7 Å². The van der Waals surface area contributed by atoms with Crippen LogP contribution in [0.5, 0.6) is 0 Å². The molecule has 0 aromatic carbocycles. The van der Waals surface area contributed by atoms with Crippen LogP contribution in [0.15, 0.2) is 17.1 Å². The Morgan fingerprint density at radius 2 is 2.06 bits per heavy atom. The van der Waals surface area contributed by atoms with E-state index in [1.54, 1.807) is 0 Å². The Hall–Kier alpha value is -0.750. The first-order valence-electron chi connectivity index (χ1n) is 10.7. The van der Waals surface area contributed by atoms with Crippen LogP contribution in [0.2, 0.25) is 0 Å². The Labute approximate surface area is 200 Å². The van der Waals surface area contributed by atoms with Crippen molar-refractivity contribution in [3.8, 4) is 0 Å². The fraction of sp³-hybridized carbons (Fsp3) is 0.789. The first kappa shape index (κ1) is 25.3. The number of nitrogens with zero attached hydrogens (tertiary/aromatic N) is 2. The van der Waals surface area contributed by atoms with Crippen LogP contribution in [0.3, 0.4) is 0 Å². The standard InChI is InChI=1S/C19H28Cl2N3O8P/c1-19(27)16(25)14(31-17(19)24-4-2-15(22)23-18(24)26)9-30-33(28)29-5-3-13(32-33)10-6-11(20)8-12(21)7-10/h2,4,10-14,16-17,25,27H,3,5-9H2,1H3,(H2,22,23,26)/t10?,11?,12?,13?,14-,16-,17-,19-,33?/m1/s1. The molecule has 4 unspecified atom stereocenters. The molecular formula is C19H28Cl2N3O8P. The molecule has 4 rings (SSSR count). The lowest BCUT2D eigenvalue weighted by Crippen LogP contribution is -2.46. The molecule has 4 N–H and O–H groups in total. The van der Waals surface area contributed by atoms with E-state index in [4.69, 9.17) is 47.2 Å².